The molecule has 4 rings (SSSR count). The molecule has 31 heavy (non-hydrogen) atoms. The molecule has 0 saturated heterocycles. The molecule has 2 N–H and O–H groups in total. The number of nitrogens with zero attached hydrogens (tertiary/aromatic N) is 1. The highest BCUT2D eigenvalue weighted by Gasteiger charge is 2.23. The summed E-state index contributed by atoms with van der Waals surface area (Å²) >= 11 is 3.25. The molecule has 0 spiro atoms. The van der Waals surface area contributed by atoms with Crippen LogP contribution in [-0.2, 0) is 0 Å². The summed E-state index contributed by atoms with van der Waals surface area (Å²) in [6, 6.07) is 19.6. The van der Waals surface area contributed by atoms with E-state index in [1.807, 2.05) is 32.0 Å². The van der Waals surface area contributed by atoms with Crippen molar-refractivity contribution in [2.75, 3.05) is 16.9 Å². The number of anilines is 2. The van der Waals surface area contributed by atoms with Gasteiger partial charge in [0.05, 0.1) is 12.3 Å². The van der Waals surface area contributed by atoms with E-state index in [4.69, 9.17) is 4.42 Å². The lowest BCUT2D eigenvalue weighted by atomic mass is 10.00. The number of rotatable bonds is 7. The molecule has 3 heterocycles. The van der Waals surface area contributed by atoms with E-state index in [0.717, 1.165) is 32.5 Å². The van der Waals surface area contributed by atoms with Gasteiger partial charge in [-0.15, -0.1) is 23.1 Å². The molecule has 3 aromatic heterocycles. The average molecular weight is 450 g/mol. The fourth-order valence-corrected chi connectivity index (χ4v) is 4.68. The third-order valence-electron chi connectivity index (χ3n) is 4.80. The molecule has 0 saturated carbocycles. The predicted octanol–water partition coefficient (Wildman–Crippen LogP) is 6.53. The highest BCUT2D eigenvalue weighted by atomic mass is 32.2. The smallest absolute Gasteiger partial charge is 0.291 e. The Bertz CT molecular complexity index is 1170. The quantitative estimate of drug-likeness (QED) is 0.314. The molecule has 0 aliphatic rings. The lowest BCUT2D eigenvalue weighted by Crippen LogP contribution is -2.17. The first-order chi connectivity index (χ1) is 15.0. The molecule has 158 valence electrons. The van der Waals surface area contributed by atoms with Crippen LogP contribution in [0.1, 0.15) is 38.3 Å². The number of thiophene rings is 1. The fourth-order valence-electron chi connectivity index (χ4n) is 3.33. The number of aromatic nitrogens is 1. The zero-order chi connectivity index (χ0) is 21.8. The molecule has 1 amide bonds. The van der Waals surface area contributed by atoms with Crippen LogP contribution in [-0.4, -0.2) is 17.1 Å². The molecule has 0 fully saturated rings. The number of furan rings is 1. The van der Waals surface area contributed by atoms with Gasteiger partial charge in [-0.05, 0) is 68.1 Å². The van der Waals surface area contributed by atoms with Gasteiger partial charge in [-0.25, -0.2) is 4.98 Å². The van der Waals surface area contributed by atoms with Crippen LogP contribution in [0.5, 0.6) is 0 Å². The maximum Gasteiger partial charge on any atom is 0.291 e. The van der Waals surface area contributed by atoms with Crippen molar-refractivity contribution in [1.29, 1.82) is 0 Å². The van der Waals surface area contributed by atoms with Gasteiger partial charge in [0.2, 0.25) is 0 Å². The number of benzene rings is 1. The Labute approximate surface area is 189 Å². The maximum atomic E-state index is 12.6. The van der Waals surface area contributed by atoms with Gasteiger partial charge in [0, 0.05) is 21.0 Å². The molecule has 1 unspecified atom stereocenters. The first-order valence-corrected chi connectivity index (χ1v) is 11.9. The third kappa shape index (κ3) is 5.00. The SMILES string of the molecule is CSc1ccc(C(Nc2cccc(C)n2)c2cc(C)sc2NC(=O)c2ccco2)cc1. The van der Waals surface area contributed by atoms with Crippen molar-refractivity contribution in [2.24, 2.45) is 0 Å². The van der Waals surface area contributed by atoms with Gasteiger partial charge in [0.15, 0.2) is 5.76 Å². The molecule has 0 bridgehead atoms. The van der Waals surface area contributed by atoms with E-state index in [0.29, 0.717) is 0 Å². The van der Waals surface area contributed by atoms with Crippen LogP contribution in [0, 0.1) is 13.8 Å². The second kappa shape index (κ2) is 9.41. The minimum Gasteiger partial charge on any atom is -0.459 e. The number of amides is 1. The number of aryl methyl sites for hydroxylation is 2. The van der Waals surface area contributed by atoms with Gasteiger partial charge < -0.3 is 15.1 Å². The highest BCUT2D eigenvalue weighted by molar-refractivity contribution is 7.98. The lowest BCUT2D eigenvalue weighted by Gasteiger charge is -2.21. The average Bonchev–Trinajstić information content (AvgIpc) is 3.42. The van der Waals surface area contributed by atoms with E-state index in [-0.39, 0.29) is 17.7 Å². The van der Waals surface area contributed by atoms with Gasteiger partial charge in [-0.2, -0.15) is 0 Å². The summed E-state index contributed by atoms with van der Waals surface area (Å²) in [6.07, 6.45) is 3.56. The Kier molecular flexibility index (Phi) is 6.44. The molecule has 1 atom stereocenters. The predicted molar refractivity (Wildman–Crippen MR) is 128 cm³/mol. The summed E-state index contributed by atoms with van der Waals surface area (Å²) < 4.78 is 5.26. The van der Waals surface area contributed by atoms with Crippen LogP contribution >= 0.6 is 23.1 Å². The van der Waals surface area contributed by atoms with Crippen LogP contribution in [0.15, 0.2) is 76.2 Å². The maximum absolute atomic E-state index is 12.6. The second-order valence-electron chi connectivity index (χ2n) is 7.09. The fraction of sp³-hybridized carbons (Fsp3) is 0.167. The zero-order valence-electron chi connectivity index (χ0n) is 17.5. The van der Waals surface area contributed by atoms with Crippen molar-refractivity contribution in [3.8, 4) is 0 Å². The topological polar surface area (TPSA) is 67.2 Å². The Morgan fingerprint density at radius 1 is 1.10 bits per heavy atom. The number of thioether (sulfide) groups is 1. The summed E-state index contributed by atoms with van der Waals surface area (Å²) in [6.45, 7) is 4.01. The van der Waals surface area contributed by atoms with Crippen LogP contribution in [0.4, 0.5) is 10.8 Å². The number of carbonyl (C=O) groups is 1. The lowest BCUT2D eigenvalue weighted by molar-refractivity contribution is 0.0997. The molecule has 0 aliphatic heterocycles. The summed E-state index contributed by atoms with van der Waals surface area (Å²) in [5, 5.41) is 7.38. The Morgan fingerprint density at radius 2 is 1.90 bits per heavy atom. The van der Waals surface area contributed by atoms with Crippen LogP contribution < -0.4 is 10.6 Å². The molecular formula is C24H23N3O2S2. The van der Waals surface area contributed by atoms with E-state index in [9.17, 15) is 4.79 Å². The largest absolute Gasteiger partial charge is 0.459 e. The van der Waals surface area contributed by atoms with Gasteiger partial charge in [0.1, 0.15) is 10.8 Å². The Hall–Kier alpha value is -3.03. The number of nitrogens with one attached hydrogen (secondary N) is 2. The van der Waals surface area contributed by atoms with E-state index in [2.05, 4.69) is 52.2 Å². The van der Waals surface area contributed by atoms with Crippen LogP contribution in [0.25, 0.3) is 0 Å². The van der Waals surface area contributed by atoms with Gasteiger partial charge in [-0.3, -0.25) is 4.79 Å². The van der Waals surface area contributed by atoms with Crippen molar-refractivity contribution in [3.05, 3.63) is 94.4 Å². The Balaban J connectivity index is 1.73. The summed E-state index contributed by atoms with van der Waals surface area (Å²) in [7, 11) is 0. The van der Waals surface area contributed by atoms with Crippen LogP contribution in [0.2, 0.25) is 0 Å². The van der Waals surface area contributed by atoms with Crippen molar-refractivity contribution < 1.29 is 9.21 Å². The summed E-state index contributed by atoms with van der Waals surface area (Å²) in [5.41, 5.74) is 3.02. The van der Waals surface area contributed by atoms with Crippen molar-refractivity contribution in [3.63, 3.8) is 0 Å². The standard InChI is InChI=1S/C24H23N3O2S2/c1-15-6-4-8-21(25-15)26-22(17-9-11-18(30-3)12-10-17)19-14-16(2)31-24(19)27-23(28)20-7-5-13-29-20/h4-14,22H,1-3H3,(H,25,26)(H,27,28). The number of carbonyl (C=O) groups excluding carboxylic acids is 1. The number of hydrogen-bond acceptors (Lipinski definition) is 6. The molecule has 0 radical (unpaired) electrons. The van der Waals surface area contributed by atoms with Gasteiger partial charge in [-0.1, -0.05) is 18.2 Å². The summed E-state index contributed by atoms with van der Waals surface area (Å²) in [4.78, 5) is 19.6. The molecule has 1 aromatic carbocycles. The van der Waals surface area contributed by atoms with Gasteiger partial charge in [0.25, 0.3) is 5.91 Å². The van der Waals surface area contributed by atoms with E-state index < -0.39 is 0 Å². The number of pyridine rings is 1. The minimum atomic E-state index is -0.265. The molecule has 7 heteroatoms. The third-order valence-corrected chi connectivity index (χ3v) is 6.52. The van der Waals surface area contributed by atoms with Crippen molar-refractivity contribution in [2.45, 2.75) is 24.8 Å². The van der Waals surface area contributed by atoms with E-state index in [1.54, 1.807) is 35.2 Å². The van der Waals surface area contributed by atoms with E-state index >= 15 is 0 Å². The first-order valence-electron chi connectivity index (χ1n) is 9.83. The Morgan fingerprint density at radius 3 is 2.58 bits per heavy atom. The van der Waals surface area contributed by atoms with Crippen molar-refractivity contribution in [1.82, 2.24) is 4.98 Å². The second-order valence-corrected chi connectivity index (χ2v) is 9.22. The van der Waals surface area contributed by atoms with Gasteiger partial charge >= 0.3 is 0 Å². The molecular weight excluding hydrogens is 426 g/mol. The summed E-state index contributed by atoms with van der Waals surface area (Å²) in [5.74, 6) is 0.801. The molecule has 4 aromatic rings. The molecule has 0 aliphatic carbocycles. The zero-order valence-corrected chi connectivity index (χ0v) is 19.1. The minimum absolute atomic E-state index is 0.179. The van der Waals surface area contributed by atoms with Crippen LogP contribution in [0.3, 0.4) is 0 Å². The monoisotopic (exact) mass is 449 g/mol. The van der Waals surface area contributed by atoms with Crippen molar-refractivity contribution >= 4 is 39.8 Å². The normalized spacial score (nSPS) is 11.8. The highest BCUT2D eigenvalue weighted by Crippen LogP contribution is 2.38. The van der Waals surface area contributed by atoms with E-state index in [1.165, 1.54) is 11.2 Å². The first kappa shape index (κ1) is 21.2. The number of hydrogen-bond donors (Lipinski definition) is 2. The molecule has 5 nitrogen and oxygen atoms in total.